The lowest BCUT2D eigenvalue weighted by atomic mass is 10.2. The third-order valence-corrected chi connectivity index (χ3v) is 4.62. The zero-order chi connectivity index (χ0) is 23.4. The molecule has 0 atom stereocenters. The van der Waals surface area contributed by atoms with Gasteiger partial charge in [-0.1, -0.05) is 21.9 Å². The van der Waals surface area contributed by atoms with E-state index in [1.54, 1.807) is 18.8 Å². The third-order valence-electron chi connectivity index (χ3n) is 3.64. The molecule has 7 nitrogen and oxygen atoms in total. The van der Waals surface area contributed by atoms with Gasteiger partial charge in [-0.3, -0.25) is 14.9 Å². The average Bonchev–Trinajstić information content (AvgIpc) is 2.61. The summed E-state index contributed by atoms with van der Waals surface area (Å²) >= 11 is 5.88. The van der Waals surface area contributed by atoms with Gasteiger partial charge in [0, 0.05) is 18.7 Å². The first-order chi connectivity index (χ1) is 14.3. The van der Waals surface area contributed by atoms with Crippen LogP contribution in [0.1, 0.15) is 12.0 Å². The molecule has 2 aromatic rings. The highest BCUT2D eigenvalue weighted by Gasteiger charge is 2.31. The van der Waals surface area contributed by atoms with Gasteiger partial charge in [-0.15, -0.1) is 0 Å². The lowest BCUT2D eigenvalue weighted by molar-refractivity contribution is -0.384. The summed E-state index contributed by atoms with van der Waals surface area (Å²) in [4.78, 5) is 22.5. The number of nitro groups is 1. The molecule has 0 aromatic heterocycles. The molecule has 0 heterocycles. The van der Waals surface area contributed by atoms with E-state index in [0.29, 0.717) is 0 Å². The molecular formula is C19H20ClF3N2O5S. The number of nitrogens with one attached hydrogen (secondary N) is 1. The largest absolute Gasteiger partial charge is 0.456 e. The second-order valence-corrected chi connectivity index (χ2v) is 11.1. The molecule has 170 valence electrons. The minimum atomic E-state index is -4.55. The van der Waals surface area contributed by atoms with Gasteiger partial charge in [0.25, 0.3) is 5.69 Å². The number of carbonyl (C=O) groups is 1. The van der Waals surface area contributed by atoms with Crippen molar-refractivity contribution in [2.45, 2.75) is 12.6 Å². The van der Waals surface area contributed by atoms with Crippen LogP contribution in [-0.2, 0) is 15.2 Å². The number of hydrogen-bond donors (Lipinski definition) is 1. The van der Waals surface area contributed by atoms with Crippen LogP contribution in [0.3, 0.4) is 0 Å². The van der Waals surface area contributed by atoms with Gasteiger partial charge < -0.3 is 14.2 Å². The van der Waals surface area contributed by atoms with Crippen molar-refractivity contribution in [3.63, 3.8) is 0 Å². The molecule has 0 radical (unpaired) electrons. The van der Waals surface area contributed by atoms with Gasteiger partial charge in [0.15, 0.2) is 0 Å². The molecule has 0 fully saturated rings. The number of rotatable bonds is 8. The molecule has 12 heteroatoms. The lowest BCUT2D eigenvalue weighted by Gasteiger charge is -2.24. The molecular weight excluding hydrogens is 461 g/mol. The van der Waals surface area contributed by atoms with Crippen LogP contribution in [0.2, 0.25) is 5.02 Å². The number of hydrogen-bond acceptors (Lipinski definition) is 6. The molecule has 2 rings (SSSR count). The van der Waals surface area contributed by atoms with E-state index in [1.807, 2.05) is 0 Å². The Morgan fingerprint density at radius 1 is 1.19 bits per heavy atom. The molecule has 0 aliphatic heterocycles. The van der Waals surface area contributed by atoms with Crippen molar-refractivity contribution < 1.29 is 31.8 Å². The zero-order valence-electron chi connectivity index (χ0n) is 16.8. The summed E-state index contributed by atoms with van der Waals surface area (Å²) in [6, 6.07) is 6.36. The van der Waals surface area contributed by atoms with Crippen LogP contribution in [-0.4, -0.2) is 36.2 Å². The van der Waals surface area contributed by atoms with E-state index >= 15 is 0 Å². The Hall–Kier alpha value is -2.66. The summed E-state index contributed by atoms with van der Waals surface area (Å²) < 4.78 is 49.0. The van der Waals surface area contributed by atoms with Crippen molar-refractivity contribution in [2.24, 2.45) is 0 Å². The number of halogens is 4. The summed E-state index contributed by atoms with van der Waals surface area (Å²) in [5.74, 6) is -0.385. The molecule has 0 bridgehead atoms. The zero-order valence-corrected chi connectivity index (χ0v) is 18.4. The first-order valence-electron chi connectivity index (χ1n) is 8.74. The highest BCUT2D eigenvalue weighted by atomic mass is 35.5. The average molecular weight is 481 g/mol. The Labute approximate surface area is 183 Å². The van der Waals surface area contributed by atoms with E-state index in [9.17, 15) is 28.1 Å². The van der Waals surface area contributed by atoms with Crippen LogP contribution >= 0.6 is 21.9 Å². The number of nitro benzene ring substituents is 1. The van der Waals surface area contributed by atoms with Crippen molar-refractivity contribution in [1.82, 2.24) is 0 Å². The molecule has 0 aliphatic carbocycles. The van der Waals surface area contributed by atoms with Gasteiger partial charge in [-0.2, -0.15) is 13.2 Å². The molecule has 1 N–H and O–H groups in total. The van der Waals surface area contributed by atoms with E-state index < -0.39 is 32.9 Å². The van der Waals surface area contributed by atoms with E-state index in [-0.39, 0.29) is 40.9 Å². The number of benzene rings is 2. The van der Waals surface area contributed by atoms with Gasteiger partial charge in [-0.05, 0) is 43.0 Å². The van der Waals surface area contributed by atoms with Crippen molar-refractivity contribution in [2.75, 3.05) is 30.6 Å². The van der Waals surface area contributed by atoms with Gasteiger partial charge in [0.1, 0.15) is 17.2 Å². The maximum Gasteiger partial charge on any atom is 0.416 e. The second kappa shape index (κ2) is 9.65. The number of ether oxygens (including phenoxy) is 1. The fourth-order valence-corrected chi connectivity index (χ4v) is 3.25. The normalized spacial score (nSPS) is 12.2. The topological polar surface area (TPSA) is 90.7 Å². The monoisotopic (exact) mass is 480 g/mol. The van der Waals surface area contributed by atoms with E-state index in [0.717, 1.165) is 18.2 Å². The Morgan fingerprint density at radius 3 is 2.42 bits per heavy atom. The molecule has 0 aliphatic rings. The van der Waals surface area contributed by atoms with Crippen LogP contribution in [0.5, 0.6) is 11.5 Å². The van der Waals surface area contributed by atoms with Crippen molar-refractivity contribution in [1.29, 1.82) is 0 Å². The molecule has 0 amide bonds. The maximum absolute atomic E-state index is 12.8. The minimum absolute atomic E-state index is 0.0166. The number of nitrogens with zero attached hydrogens (tertiary/aromatic N) is 1. The predicted octanol–water partition coefficient (Wildman–Crippen LogP) is 6.01. The second-order valence-electron chi connectivity index (χ2n) is 7.04. The lowest BCUT2D eigenvalue weighted by Crippen LogP contribution is -2.13. The molecule has 0 unspecified atom stereocenters. The highest BCUT2D eigenvalue weighted by Crippen LogP contribution is 2.38. The standard InChI is InChI=1S/C19H20ClF3N2O5S/c1-31(2,3)30-18(26)8-9-24-15-11-13(5-6-16(15)25(27)28)29-17-7-4-12(10-14(17)20)19(21,22)23/h4-7,10-11,24H,8-9H2,1-3H3. The Morgan fingerprint density at radius 2 is 1.87 bits per heavy atom. The van der Waals surface area contributed by atoms with Crippen LogP contribution in [0.15, 0.2) is 36.4 Å². The minimum Gasteiger partial charge on any atom is -0.456 e. The summed E-state index contributed by atoms with van der Waals surface area (Å²) in [7, 11) is -1.49. The number of alkyl halides is 3. The smallest absolute Gasteiger partial charge is 0.416 e. The van der Waals surface area contributed by atoms with Crippen molar-refractivity contribution in [3.05, 3.63) is 57.1 Å². The van der Waals surface area contributed by atoms with E-state index in [2.05, 4.69) is 5.32 Å². The molecule has 0 saturated carbocycles. The van der Waals surface area contributed by atoms with Crippen LogP contribution in [0.4, 0.5) is 24.5 Å². The fraction of sp³-hybridized carbons (Fsp3) is 0.316. The third kappa shape index (κ3) is 7.51. The maximum atomic E-state index is 12.8. The Kier molecular flexibility index (Phi) is 7.66. The van der Waals surface area contributed by atoms with Crippen LogP contribution in [0.25, 0.3) is 0 Å². The number of carbonyl (C=O) groups excluding carboxylic acids is 1. The first kappa shape index (κ1) is 24.6. The van der Waals surface area contributed by atoms with Gasteiger partial charge in [-0.25, -0.2) is 0 Å². The molecule has 31 heavy (non-hydrogen) atoms. The van der Waals surface area contributed by atoms with Gasteiger partial charge in [0.2, 0.25) is 0 Å². The Balaban J connectivity index is 2.16. The molecule has 2 aromatic carbocycles. The van der Waals surface area contributed by atoms with E-state index in [1.165, 1.54) is 18.2 Å². The summed E-state index contributed by atoms with van der Waals surface area (Å²) in [5.41, 5.74) is -1.12. The SMILES string of the molecule is CS(C)(C)OC(=O)CCNc1cc(Oc2ccc(C(F)(F)F)cc2Cl)ccc1[N+](=O)[O-]. The van der Waals surface area contributed by atoms with Gasteiger partial charge >= 0.3 is 12.1 Å². The van der Waals surface area contributed by atoms with Gasteiger partial charge in [0.05, 0.1) is 21.9 Å². The summed E-state index contributed by atoms with van der Waals surface area (Å²) in [6.07, 6.45) is 0.836. The highest BCUT2D eigenvalue weighted by molar-refractivity contribution is 8.28. The number of anilines is 1. The van der Waals surface area contributed by atoms with Crippen LogP contribution < -0.4 is 10.1 Å². The fourth-order valence-electron chi connectivity index (χ4n) is 2.39. The first-order valence-corrected chi connectivity index (χ1v) is 11.9. The quantitative estimate of drug-likeness (QED) is 0.367. The molecule has 0 spiro atoms. The van der Waals surface area contributed by atoms with Crippen LogP contribution in [0, 0.1) is 10.1 Å². The summed E-state index contributed by atoms with van der Waals surface area (Å²) in [5, 5.41) is 13.8. The van der Waals surface area contributed by atoms with Crippen molar-refractivity contribution in [3.8, 4) is 11.5 Å². The Bertz CT molecular complexity index is 980. The van der Waals surface area contributed by atoms with E-state index in [4.69, 9.17) is 20.5 Å². The summed E-state index contributed by atoms with van der Waals surface area (Å²) in [6.45, 7) is 0.0691. The molecule has 0 saturated heterocycles. The van der Waals surface area contributed by atoms with Crippen molar-refractivity contribution >= 4 is 39.3 Å². The predicted molar refractivity (Wildman–Crippen MR) is 114 cm³/mol.